The van der Waals surface area contributed by atoms with Crippen molar-refractivity contribution in [2.24, 2.45) is 0 Å². The van der Waals surface area contributed by atoms with E-state index in [1.807, 2.05) is 38.1 Å². The number of carbonyl (C=O) groups is 1. The van der Waals surface area contributed by atoms with Gasteiger partial charge in [-0.25, -0.2) is 0 Å². The molecule has 0 radical (unpaired) electrons. The Hall–Kier alpha value is -1.77. The highest BCUT2D eigenvalue weighted by Crippen LogP contribution is 2.13. The molecular formula is C16H23NO2. The van der Waals surface area contributed by atoms with Gasteiger partial charge in [0.25, 0.3) is 0 Å². The fraction of sp³-hybridized carbons (Fsp3) is 0.438. The fourth-order valence-electron chi connectivity index (χ4n) is 1.51. The molecular weight excluding hydrogens is 238 g/mol. The lowest BCUT2D eigenvalue weighted by molar-refractivity contribution is -0.116. The van der Waals surface area contributed by atoms with Crippen LogP contribution in [0, 0.1) is 0 Å². The number of nitrogens with one attached hydrogen (secondary N) is 1. The Balaban J connectivity index is 2.47. The smallest absolute Gasteiger partial charge is 0.244 e. The first-order valence-corrected chi connectivity index (χ1v) is 6.83. The van der Waals surface area contributed by atoms with Gasteiger partial charge in [-0.1, -0.05) is 25.5 Å². The van der Waals surface area contributed by atoms with Gasteiger partial charge in [-0.2, -0.15) is 0 Å². The molecule has 1 aromatic carbocycles. The molecule has 0 aliphatic heterocycles. The van der Waals surface area contributed by atoms with Gasteiger partial charge in [0.2, 0.25) is 5.91 Å². The quantitative estimate of drug-likeness (QED) is 0.603. The summed E-state index contributed by atoms with van der Waals surface area (Å²) in [6, 6.07) is 7.90. The van der Waals surface area contributed by atoms with E-state index < -0.39 is 0 Å². The van der Waals surface area contributed by atoms with Crippen LogP contribution < -0.4 is 10.1 Å². The predicted molar refractivity (Wildman–Crippen MR) is 79.2 cm³/mol. The maximum absolute atomic E-state index is 11.4. The first-order chi connectivity index (χ1) is 9.11. The van der Waals surface area contributed by atoms with Crippen LogP contribution in [0.4, 0.5) is 0 Å². The van der Waals surface area contributed by atoms with E-state index in [0.717, 1.165) is 30.8 Å². The van der Waals surface area contributed by atoms with Crippen LogP contribution in [0.5, 0.6) is 5.75 Å². The van der Waals surface area contributed by atoms with Crippen molar-refractivity contribution in [1.29, 1.82) is 0 Å². The molecule has 1 amide bonds. The number of amides is 1. The minimum absolute atomic E-state index is 0.0710. The lowest BCUT2D eigenvalue weighted by Gasteiger charge is -2.05. The molecule has 0 aliphatic carbocycles. The van der Waals surface area contributed by atoms with Crippen molar-refractivity contribution in [1.82, 2.24) is 5.32 Å². The van der Waals surface area contributed by atoms with E-state index in [4.69, 9.17) is 4.74 Å². The summed E-state index contributed by atoms with van der Waals surface area (Å²) in [5.41, 5.74) is 0.988. The maximum atomic E-state index is 11.4. The summed E-state index contributed by atoms with van der Waals surface area (Å²) in [4.78, 5) is 11.4. The van der Waals surface area contributed by atoms with Gasteiger partial charge in [0, 0.05) is 12.1 Å². The predicted octanol–water partition coefficient (Wildman–Crippen LogP) is 3.40. The first-order valence-electron chi connectivity index (χ1n) is 6.83. The van der Waals surface area contributed by atoms with Crippen molar-refractivity contribution in [2.45, 2.75) is 39.7 Å². The van der Waals surface area contributed by atoms with Gasteiger partial charge in [0.1, 0.15) is 5.75 Å². The molecule has 1 N–H and O–H groups in total. The van der Waals surface area contributed by atoms with Crippen molar-refractivity contribution in [3.63, 3.8) is 0 Å². The Labute approximate surface area is 115 Å². The van der Waals surface area contributed by atoms with Gasteiger partial charge in [-0.3, -0.25) is 4.79 Å². The second kappa shape index (κ2) is 8.35. The fourth-order valence-corrected chi connectivity index (χ4v) is 1.51. The number of ether oxygens (including phenoxy) is 1. The highest BCUT2D eigenvalue weighted by Gasteiger charge is 1.98. The number of hydrogen-bond acceptors (Lipinski definition) is 2. The molecule has 0 aromatic heterocycles. The van der Waals surface area contributed by atoms with E-state index in [-0.39, 0.29) is 11.9 Å². The summed E-state index contributed by atoms with van der Waals surface area (Å²) in [6.45, 7) is 6.77. The Kier molecular flexibility index (Phi) is 6.72. The van der Waals surface area contributed by atoms with Crippen LogP contribution in [0.15, 0.2) is 30.3 Å². The van der Waals surface area contributed by atoms with Crippen LogP contribution in [0.1, 0.15) is 39.2 Å². The highest BCUT2D eigenvalue weighted by molar-refractivity contribution is 5.91. The van der Waals surface area contributed by atoms with Crippen LogP contribution in [0.3, 0.4) is 0 Å². The summed E-state index contributed by atoms with van der Waals surface area (Å²) >= 11 is 0. The van der Waals surface area contributed by atoms with Crippen LogP contribution in [0.2, 0.25) is 0 Å². The third-order valence-electron chi connectivity index (χ3n) is 2.50. The lowest BCUT2D eigenvalue weighted by atomic mass is 10.2. The summed E-state index contributed by atoms with van der Waals surface area (Å²) in [5.74, 6) is 0.801. The number of carbonyl (C=O) groups excluding carboxylic acids is 1. The largest absolute Gasteiger partial charge is 0.494 e. The average molecular weight is 261 g/mol. The van der Waals surface area contributed by atoms with Gasteiger partial charge in [-0.15, -0.1) is 0 Å². The third kappa shape index (κ3) is 6.65. The normalized spacial score (nSPS) is 10.9. The zero-order valence-corrected chi connectivity index (χ0v) is 12.0. The zero-order valence-electron chi connectivity index (χ0n) is 12.0. The second-order valence-corrected chi connectivity index (χ2v) is 4.77. The highest BCUT2D eigenvalue weighted by atomic mass is 16.5. The maximum Gasteiger partial charge on any atom is 0.244 e. The monoisotopic (exact) mass is 261 g/mol. The van der Waals surface area contributed by atoms with E-state index in [1.165, 1.54) is 0 Å². The summed E-state index contributed by atoms with van der Waals surface area (Å²) < 4.78 is 5.58. The number of unbranched alkanes of at least 4 members (excludes halogenated alkanes) is 1. The molecule has 104 valence electrons. The molecule has 0 bridgehead atoms. The van der Waals surface area contributed by atoms with Gasteiger partial charge >= 0.3 is 0 Å². The Morgan fingerprint density at radius 3 is 2.58 bits per heavy atom. The topological polar surface area (TPSA) is 38.3 Å². The van der Waals surface area contributed by atoms with E-state index in [1.54, 1.807) is 12.2 Å². The first kappa shape index (κ1) is 15.3. The number of rotatable bonds is 7. The Morgan fingerprint density at radius 2 is 2.00 bits per heavy atom. The van der Waals surface area contributed by atoms with Gasteiger partial charge in [0.15, 0.2) is 0 Å². The van der Waals surface area contributed by atoms with Crippen LogP contribution in [0.25, 0.3) is 6.08 Å². The average Bonchev–Trinajstić information content (AvgIpc) is 2.37. The van der Waals surface area contributed by atoms with Crippen LogP contribution in [-0.2, 0) is 4.79 Å². The molecule has 0 unspecified atom stereocenters. The van der Waals surface area contributed by atoms with Crippen molar-refractivity contribution >= 4 is 12.0 Å². The van der Waals surface area contributed by atoms with Crippen LogP contribution >= 0.6 is 0 Å². The van der Waals surface area contributed by atoms with E-state index in [9.17, 15) is 4.79 Å². The molecule has 0 saturated carbocycles. The molecule has 3 nitrogen and oxygen atoms in total. The van der Waals surface area contributed by atoms with E-state index >= 15 is 0 Å². The molecule has 0 fully saturated rings. The summed E-state index contributed by atoms with van der Waals surface area (Å²) in [6.07, 6.45) is 5.54. The summed E-state index contributed by atoms with van der Waals surface area (Å²) in [7, 11) is 0. The standard InChI is InChI=1S/C16H23NO2/c1-4-5-12-19-15-9-6-14(7-10-15)8-11-16(18)17-13(2)3/h6-11,13H,4-5,12H2,1-3H3,(H,17,18). The Bertz CT molecular complexity index is 407. The minimum atomic E-state index is -0.0710. The third-order valence-corrected chi connectivity index (χ3v) is 2.50. The molecule has 3 heteroatoms. The molecule has 0 spiro atoms. The van der Waals surface area contributed by atoms with Crippen LogP contribution in [-0.4, -0.2) is 18.6 Å². The molecule has 0 aliphatic rings. The molecule has 1 aromatic rings. The lowest BCUT2D eigenvalue weighted by Crippen LogP contribution is -2.28. The minimum Gasteiger partial charge on any atom is -0.494 e. The molecule has 0 heterocycles. The van der Waals surface area contributed by atoms with E-state index in [2.05, 4.69) is 12.2 Å². The molecule has 1 rings (SSSR count). The molecule has 0 saturated heterocycles. The Morgan fingerprint density at radius 1 is 1.32 bits per heavy atom. The van der Waals surface area contributed by atoms with Crippen molar-refractivity contribution in [2.75, 3.05) is 6.61 Å². The SMILES string of the molecule is CCCCOc1ccc(C=CC(=O)NC(C)C)cc1. The van der Waals surface area contributed by atoms with Gasteiger partial charge in [0.05, 0.1) is 6.61 Å². The second-order valence-electron chi connectivity index (χ2n) is 4.77. The molecule has 0 atom stereocenters. The van der Waals surface area contributed by atoms with Gasteiger partial charge in [-0.05, 0) is 44.0 Å². The zero-order chi connectivity index (χ0) is 14.1. The van der Waals surface area contributed by atoms with Gasteiger partial charge < -0.3 is 10.1 Å². The molecule has 19 heavy (non-hydrogen) atoms. The summed E-state index contributed by atoms with van der Waals surface area (Å²) in [5, 5.41) is 2.81. The van der Waals surface area contributed by atoms with E-state index in [0.29, 0.717) is 0 Å². The van der Waals surface area contributed by atoms with Crippen molar-refractivity contribution in [3.8, 4) is 5.75 Å². The van der Waals surface area contributed by atoms with Crippen molar-refractivity contribution in [3.05, 3.63) is 35.9 Å². The van der Waals surface area contributed by atoms with Crippen molar-refractivity contribution < 1.29 is 9.53 Å². The number of hydrogen-bond donors (Lipinski definition) is 1. The number of benzene rings is 1.